The molecule has 0 amide bonds. The zero-order valence-electron chi connectivity index (χ0n) is 7.59. The first-order valence-corrected chi connectivity index (χ1v) is 4.16. The van der Waals surface area contributed by atoms with Crippen LogP contribution in [0.4, 0.5) is 0 Å². The molecule has 60 valence electrons. The van der Waals surface area contributed by atoms with Crippen molar-refractivity contribution in [2.75, 3.05) is 0 Å². The lowest BCUT2D eigenvalue weighted by molar-refractivity contribution is 0.788. The summed E-state index contributed by atoms with van der Waals surface area (Å²) in [5.41, 5.74) is 2.68. The van der Waals surface area contributed by atoms with Crippen LogP contribution in [0.1, 0.15) is 20.8 Å². The van der Waals surface area contributed by atoms with E-state index in [2.05, 4.69) is 45.6 Å². The van der Waals surface area contributed by atoms with Crippen molar-refractivity contribution in [1.29, 1.82) is 0 Å². The molecule has 0 heterocycles. The third-order valence-corrected chi connectivity index (χ3v) is 2.10. The predicted molar refractivity (Wildman–Crippen MR) is 50.4 cm³/mol. The van der Waals surface area contributed by atoms with Crippen LogP contribution in [0.3, 0.4) is 0 Å². The van der Waals surface area contributed by atoms with E-state index in [0.29, 0.717) is 11.8 Å². The van der Waals surface area contributed by atoms with Crippen LogP contribution in [0.25, 0.3) is 0 Å². The summed E-state index contributed by atoms with van der Waals surface area (Å²) in [6.45, 7) is 10.5. The Hall–Kier alpha value is -0.780. The second-order valence-electron chi connectivity index (χ2n) is 3.55. The van der Waals surface area contributed by atoms with Crippen LogP contribution in [0.2, 0.25) is 0 Å². The predicted octanol–water partition coefficient (Wildman–Crippen LogP) is 3.33. The van der Waals surface area contributed by atoms with Gasteiger partial charge in [-0.15, -0.1) is 0 Å². The monoisotopic (exact) mass is 148 g/mol. The van der Waals surface area contributed by atoms with Gasteiger partial charge in [-0.2, -0.15) is 0 Å². The lowest BCUT2D eigenvalue weighted by atomic mass is 10.0. The Morgan fingerprint density at radius 2 is 2.18 bits per heavy atom. The molecule has 1 aliphatic rings. The van der Waals surface area contributed by atoms with Gasteiger partial charge in [0.05, 0.1) is 0 Å². The highest BCUT2D eigenvalue weighted by atomic mass is 14.2. The van der Waals surface area contributed by atoms with E-state index in [1.54, 1.807) is 0 Å². The van der Waals surface area contributed by atoms with Gasteiger partial charge in [0.1, 0.15) is 0 Å². The van der Waals surface area contributed by atoms with Gasteiger partial charge in [-0.25, -0.2) is 0 Å². The Kier molecular flexibility index (Phi) is 2.33. The van der Waals surface area contributed by atoms with Crippen molar-refractivity contribution in [2.45, 2.75) is 20.8 Å². The summed E-state index contributed by atoms with van der Waals surface area (Å²) in [5.74, 6) is 1.14. The maximum absolute atomic E-state index is 3.94. The van der Waals surface area contributed by atoms with Crippen molar-refractivity contribution in [3.63, 3.8) is 0 Å². The van der Waals surface area contributed by atoms with E-state index in [1.807, 2.05) is 0 Å². The Bertz CT molecular complexity index is 216. The topological polar surface area (TPSA) is 0 Å². The maximum Gasteiger partial charge on any atom is 0.0160 e. The summed E-state index contributed by atoms with van der Waals surface area (Å²) in [6, 6.07) is 0. The molecule has 0 saturated carbocycles. The summed E-state index contributed by atoms with van der Waals surface area (Å²) in [4.78, 5) is 0. The fourth-order valence-electron chi connectivity index (χ4n) is 1.22. The Morgan fingerprint density at radius 1 is 1.55 bits per heavy atom. The van der Waals surface area contributed by atoms with Crippen molar-refractivity contribution in [1.82, 2.24) is 0 Å². The smallest absolute Gasteiger partial charge is 0.0160 e. The van der Waals surface area contributed by atoms with Gasteiger partial charge in [0.2, 0.25) is 0 Å². The highest BCUT2D eigenvalue weighted by Gasteiger charge is 2.11. The molecule has 0 aromatic heterocycles. The molecule has 0 saturated heterocycles. The lowest BCUT2D eigenvalue weighted by Gasteiger charge is -2.04. The van der Waals surface area contributed by atoms with Crippen LogP contribution in [0, 0.1) is 11.8 Å². The Labute approximate surface area is 69.3 Å². The molecular weight excluding hydrogens is 132 g/mol. The normalized spacial score (nSPS) is 22.5. The standard InChI is InChI=1S/C11H16/c1-8(2)10-5-6-11(7-10)9(3)4/h5-7,9-10H,1H2,2-4H3. The first kappa shape index (κ1) is 8.32. The van der Waals surface area contributed by atoms with Crippen LogP contribution in [0.5, 0.6) is 0 Å². The molecule has 0 aromatic carbocycles. The fraction of sp³-hybridized carbons (Fsp3) is 0.455. The molecule has 1 rings (SSSR count). The number of allylic oxidation sites excluding steroid dienone is 5. The van der Waals surface area contributed by atoms with Crippen LogP contribution in [-0.4, -0.2) is 0 Å². The van der Waals surface area contributed by atoms with Gasteiger partial charge < -0.3 is 0 Å². The third kappa shape index (κ3) is 1.83. The molecule has 1 atom stereocenters. The second kappa shape index (κ2) is 3.08. The van der Waals surface area contributed by atoms with Gasteiger partial charge in [-0.1, -0.05) is 44.2 Å². The zero-order valence-corrected chi connectivity index (χ0v) is 7.59. The van der Waals surface area contributed by atoms with E-state index >= 15 is 0 Å². The molecule has 0 fully saturated rings. The highest BCUT2D eigenvalue weighted by Crippen LogP contribution is 2.25. The first-order valence-electron chi connectivity index (χ1n) is 4.16. The van der Waals surface area contributed by atoms with Crippen LogP contribution in [-0.2, 0) is 0 Å². The maximum atomic E-state index is 3.94. The summed E-state index contributed by atoms with van der Waals surface area (Å²) >= 11 is 0. The van der Waals surface area contributed by atoms with Crippen LogP contribution in [0.15, 0.2) is 36.0 Å². The largest absolute Gasteiger partial charge is 0.0992 e. The van der Waals surface area contributed by atoms with Crippen LogP contribution < -0.4 is 0 Å². The molecule has 0 radical (unpaired) electrons. The van der Waals surface area contributed by atoms with Gasteiger partial charge in [-0.3, -0.25) is 0 Å². The lowest BCUT2D eigenvalue weighted by Crippen LogP contribution is -1.91. The SMILES string of the molecule is C=C(C)C1C=CC(C(C)C)=C1. The fourth-order valence-corrected chi connectivity index (χ4v) is 1.22. The number of hydrogen-bond donors (Lipinski definition) is 0. The van der Waals surface area contributed by atoms with Gasteiger partial charge in [0.25, 0.3) is 0 Å². The molecule has 1 aliphatic carbocycles. The van der Waals surface area contributed by atoms with Crippen molar-refractivity contribution in [3.8, 4) is 0 Å². The van der Waals surface area contributed by atoms with Crippen molar-refractivity contribution < 1.29 is 0 Å². The molecule has 11 heavy (non-hydrogen) atoms. The molecule has 0 aliphatic heterocycles. The molecular formula is C11H16. The van der Waals surface area contributed by atoms with E-state index in [4.69, 9.17) is 0 Å². The van der Waals surface area contributed by atoms with Crippen molar-refractivity contribution >= 4 is 0 Å². The third-order valence-electron chi connectivity index (χ3n) is 2.10. The minimum Gasteiger partial charge on any atom is -0.0992 e. The molecule has 0 heteroatoms. The minimum atomic E-state index is 0.493. The molecule has 0 N–H and O–H groups in total. The van der Waals surface area contributed by atoms with Crippen LogP contribution >= 0.6 is 0 Å². The average Bonchev–Trinajstić information content (AvgIpc) is 2.33. The highest BCUT2D eigenvalue weighted by molar-refractivity contribution is 5.35. The van der Waals surface area contributed by atoms with Gasteiger partial charge in [0.15, 0.2) is 0 Å². The number of rotatable bonds is 2. The van der Waals surface area contributed by atoms with Crippen molar-refractivity contribution in [3.05, 3.63) is 36.0 Å². The van der Waals surface area contributed by atoms with Crippen molar-refractivity contribution in [2.24, 2.45) is 11.8 Å². The quantitative estimate of drug-likeness (QED) is 0.527. The molecule has 0 nitrogen and oxygen atoms in total. The van der Waals surface area contributed by atoms with E-state index < -0.39 is 0 Å². The molecule has 1 unspecified atom stereocenters. The summed E-state index contributed by atoms with van der Waals surface area (Å²) in [5, 5.41) is 0. The summed E-state index contributed by atoms with van der Waals surface area (Å²) in [6.07, 6.45) is 6.73. The van der Waals surface area contributed by atoms with E-state index in [-0.39, 0.29) is 0 Å². The summed E-state index contributed by atoms with van der Waals surface area (Å²) in [7, 11) is 0. The Balaban J connectivity index is 2.71. The Morgan fingerprint density at radius 3 is 2.45 bits per heavy atom. The molecule has 0 spiro atoms. The van der Waals surface area contributed by atoms with E-state index in [1.165, 1.54) is 11.1 Å². The average molecular weight is 148 g/mol. The number of hydrogen-bond acceptors (Lipinski definition) is 0. The second-order valence-corrected chi connectivity index (χ2v) is 3.55. The van der Waals surface area contributed by atoms with Gasteiger partial charge in [0, 0.05) is 5.92 Å². The molecule has 0 aromatic rings. The molecule has 0 bridgehead atoms. The van der Waals surface area contributed by atoms with E-state index in [0.717, 1.165) is 0 Å². The van der Waals surface area contributed by atoms with E-state index in [9.17, 15) is 0 Å². The zero-order chi connectivity index (χ0) is 8.43. The van der Waals surface area contributed by atoms with Gasteiger partial charge >= 0.3 is 0 Å². The minimum absolute atomic E-state index is 0.493. The van der Waals surface area contributed by atoms with Gasteiger partial charge in [-0.05, 0) is 18.4 Å². The summed E-state index contributed by atoms with van der Waals surface area (Å²) < 4.78 is 0. The first-order chi connectivity index (χ1) is 5.11.